The predicted molar refractivity (Wildman–Crippen MR) is 124 cm³/mol. The van der Waals surface area contributed by atoms with E-state index < -0.39 is 29.6 Å². The molecule has 0 aromatic rings. The van der Waals surface area contributed by atoms with Gasteiger partial charge in [-0.2, -0.15) is 0 Å². The van der Waals surface area contributed by atoms with Crippen molar-refractivity contribution in [2.45, 2.75) is 72.5 Å². The van der Waals surface area contributed by atoms with E-state index in [1.807, 2.05) is 19.9 Å². The first-order chi connectivity index (χ1) is 15.5. The molecule has 0 saturated heterocycles. The molecule has 0 heterocycles. The molecule has 0 aliphatic heterocycles. The Bertz CT molecular complexity index is 786. The maximum absolute atomic E-state index is 13.4. The van der Waals surface area contributed by atoms with E-state index in [0.717, 1.165) is 6.42 Å². The number of ketones is 1. The van der Waals surface area contributed by atoms with E-state index in [0.29, 0.717) is 12.0 Å². The van der Waals surface area contributed by atoms with E-state index in [4.69, 9.17) is 4.74 Å². The first-order valence-corrected chi connectivity index (χ1v) is 12.0. The maximum Gasteiger partial charge on any atom is 0.331 e. The molecule has 0 radical (unpaired) electrons. The Morgan fingerprint density at radius 2 is 1.94 bits per heavy atom. The van der Waals surface area contributed by atoms with Gasteiger partial charge in [0.2, 0.25) is 0 Å². The zero-order valence-corrected chi connectivity index (χ0v) is 20.7. The second kappa shape index (κ2) is 11.4. The van der Waals surface area contributed by atoms with E-state index in [1.54, 1.807) is 6.92 Å². The number of ether oxygens (including phenoxy) is 2. The van der Waals surface area contributed by atoms with Crippen LogP contribution in [0.3, 0.4) is 0 Å². The summed E-state index contributed by atoms with van der Waals surface area (Å²) in [5.41, 5.74) is -0.237. The molecule has 2 N–H and O–H groups in total. The van der Waals surface area contributed by atoms with Gasteiger partial charge < -0.3 is 19.7 Å². The number of hydrogen-bond acceptors (Lipinski definition) is 7. The van der Waals surface area contributed by atoms with Crippen LogP contribution in [0.4, 0.5) is 0 Å². The molecule has 8 atom stereocenters. The van der Waals surface area contributed by atoms with Crippen LogP contribution in [0.2, 0.25) is 0 Å². The third-order valence-corrected chi connectivity index (χ3v) is 7.79. The Morgan fingerprint density at radius 3 is 2.52 bits per heavy atom. The Balaban J connectivity index is 2.40. The highest BCUT2D eigenvalue weighted by atomic mass is 16.6. The van der Waals surface area contributed by atoms with Crippen molar-refractivity contribution in [1.29, 1.82) is 0 Å². The lowest BCUT2D eigenvalue weighted by Crippen LogP contribution is -2.59. The van der Waals surface area contributed by atoms with Crippen molar-refractivity contribution < 1.29 is 34.1 Å². The standard InChI is InChI=1S/C26H40O7/c1-7-16(3)19-9-8-18-24(26(19,5)21(29)10-11-27)17(4)14-20(28)25(18)33-23(31)13-15(2)12-22(30)32-6/h8-9,13,16-20,24-25,27-28H,7,10-12,14H2,1-6H3. The fourth-order valence-corrected chi connectivity index (χ4v) is 6.05. The van der Waals surface area contributed by atoms with Gasteiger partial charge in [-0.05, 0) is 37.0 Å². The Hall–Kier alpha value is -1.99. The second-order valence-electron chi connectivity index (χ2n) is 10.0. The SMILES string of the molecule is CCC(C)C1C=CC2C(OC(=O)C=C(C)CC(=O)OC)C(O)CC(C)C2C1(C)C(=O)CCO. The summed E-state index contributed by atoms with van der Waals surface area (Å²) in [7, 11) is 1.28. The van der Waals surface area contributed by atoms with E-state index in [-0.39, 0.29) is 54.8 Å². The number of carbonyl (C=O) groups excluding carboxylic acids is 3. The van der Waals surface area contributed by atoms with Crippen LogP contribution < -0.4 is 0 Å². The van der Waals surface area contributed by atoms with Crippen LogP contribution in [0.25, 0.3) is 0 Å². The van der Waals surface area contributed by atoms with Crippen LogP contribution in [-0.2, 0) is 23.9 Å². The van der Waals surface area contributed by atoms with Crippen molar-refractivity contribution in [3.63, 3.8) is 0 Å². The Morgan fingerprint density at radius 1 is 1.27 bits per heavy atom. The van der Waals surface area contributed by atoms with Gasteiger partial charge in [0.25, 0.3) is 0 Å². The predicted octanol–water partition coefficient (Wildman–Crippen LogP) is 3.23. The quantitative estimate of drug-likeness (QED) is 0.306. The fraction of sp³-hybridized carbons (Fsp3) is 0.731. The summed E-state index contributed by atoms with van der Waals surface area (Å²) in [6, 6.07) is 0. The zero-order valence-electron chi connectivity index (χ0n) is 20.7. The van der Waals surface area contributed by atoms with Crippen LogP contribution in [0, 0.1) is 35.0 Å². The highest BCUT2D eigenvalue weighted by molar-refractivity contribution is 5.86. The average molecular weight is 465 g/mol. The molecule has 186 valence electrons. The lowest BCUT2D eigenvalue weighted by atomic mass is 9.49. The monoisotopic (exact) mass is 464 g/mol. The second-order valence-corrected chi connectivity index (χ2v) is 10.0. The number of rotatable bonds is 9. The molecule has 0 aromatic carbocycles. The molecule has 7 heteroatoms. The first-order valence-electron chi connectivity index (χ1n) is 12.0. The van der Waals surface area contributed by atoms with Gasteiger partial charge in [0.05, 0.1) is 19.6 Å². The minimum atomic E-state index is -0.860. The number of fused-ring (bicyclic) bond motifs is 1. The number of Topliss-reactive ketones (excluding diaryl/α,β-unsaturated/α-hetero) is 1. The molecular formula is C26H40O7. The van der Waals surface area contributed by atoms with Crippen LogP contribution >= 0.6 is 0 Å². The third kappa shape index (κ3) is 5.75. The largest absolute Gasteiger partial charge is 0.469 e. The highest BCUT2D eigenvalue weighted by Crippen LogP contribution is 2.56. The lowest BCUT2D eigenvalue weighted by molar-refractivity contribution is -0.173. The minimum Gasteiger partial charge on any atom is -0.469 e. The van der Waals surface area contributed by atoms with Gasteiger partial charge in [0, 0.05) is 30.4 Å². The number of allylic oxidation sites excluding steroid dienone is 1. The van der Waals surface area contributed by atoms with E-state index in [2.05, 4.69) is 24.7 Å². The summed E-state index contributed by atoms with van der Waals surface area (Å²) in [5, 5.41) is 20.4. The van der Waals surface area contributed by atoms with Gasteiger partial charge in [-0.25, -0.2) is 4.79 Å². The summed E-state index contributed by atoms with van der Waals surface area (Å²) in [6.07, 6.45) is 5.04. The van der Waals surface area contributed by atoms with Crippen LogP contribution in [0.15, 0.2) is 23.8 Å². The van der Waals surface area contributed by atoms with Crippen molar-refractivity contribution in [3.05, 3.63) is 23.8 Å². The van der Waals surface area contributed by atoms with Gasteiger partial charge in [-0.3, -0.25) is 9.59 Å². The van der Waals surface area contributed by atoms with Crippen LogP contribution in [0.1, 0.15) is 60.3 Å². The van der Waals surface area contributed by atoms with Gasteiger partial charge in [0.15, 0.2) is 0 Å². The Labute approximate surface area is 197 Å². The van der Waals surface area contributed by atoms with Gasteiger partial charge in [-0.15, -0.1) is 0 Å². The topological polar surface area (TPSA) is 110 Å². The molecule has 0 bridgehead atoms. The lowest BCUT2D eigenvalue weighted by Gasteiger charge is -2.55. The molecule has 1 fully saturated rings. The van der Waals surface area contributed by atoms with Crippen LogP contribution in [-0.4, -0.2) is 53.9 Å². The number of esters is 2. The van der Waals surface area contributed by atoms with Crippen molar-refractivity contribution >= 4 is 17.7 Å². The fourth-order valence-electron chi connectivity index (χ4n) is 6.05. The third-order valence-electron chi connectivity index (χ3n) is 7.79. The minimum absolute atomic E-state index is 0.000888. The molecule has 2 aliphatic rings. The maximum atomic E-state index is 13.4. The van der Waals surface area contributed by atoms with Crippen LogP contribution in [0.5, 0.6) is 0 Å². The van der Waals surface area contributed by atoms with E-state index >= 15 is 0 Å². The first kappa shape index (κ1) is 27.3. The van der Waals surface area contributed by atoms with E-state index in [9.17, 15) is 24.6 Å². The summed E-state index contributed by atoms with van der Waals surface area (Å²) in [4.78, 5) is 37.5. The molecule has 33 heavy (non-hydrogen) atoms. The summed E-state index contributed by atoms with van der Waals surface area (Å²) >= 11 is 0. The zero-order chi connectivity index (χ0) is 24.9. The number of methoxy groups -OCH3 is 1. The van der Waals surface area contributed by atoms with Gasteiger partial charge >= 0.3 is 11.9 Å². The summed E-state index contributed by atoms with van der Waals surface area (Å²) in [5.74, 6) is -1.24. The normalized spacial score (nSPS) is 34.8. The van der Waals surface area contributed by atoms with Crippen molar-refractivity contribution in [2.75, 3.05) is 13.7 Å². The molecule has 0 aromatic heterocycles. The number of hydrogen-bond donors (Lipinski definition) is 2. The molecular weight excluding hydrogens is 424 g/mol. The van der Waals surface area contributed by atoms with E-state index in [1.165, 1.54) is 13.2 Å². The molecule has 0 spiro atoms. The molecule has 2 aliphatic carbocycles. The van der Waals surface area contributed by atoms with Crippen molar-refractivity contribution in [2.24, 2.45) is 35.0 Å². The highest BCUT2D eigenvalue weighted by Gasteiger charge is 2.58. The van der Waals surface area contributed by atoms with Crippen molar-refractivity contribution in [3.8, 4) is 0 Å². The number of aliphatic hydroxyl groups excluding tert-OH is 2. The molecule has 2 rings (SSSR count). The summed E-state index contributed by atoms with van der Waals surface area (Å²) < 4.78 is 10.4. The smallest absolute Gasteiger partial charge is 0.331 e. The molecule has 7 nitrogen and oxygen atoms in total. The number of carbonyl (C=O) groups is 3. The molecule has 8 unspecified atom stereocenters. The average Bonchev–Trinajstić information content (AvgIpc) is 2.75. The summed E-state index contributed by atoms with van der Waals surface area (Å²) in [6.45, 7) is 9.69. The Kier molecular flexibility index (Phi) is 9.44. The molecule has 0 amide bonds. The van der Waals surface area contributed by atoms with Gasteiger partial charge in [-0.1, -0.05) is 51.8 Å². The van der Waals surface area contributed by atoms with Gasteiger partial charge in [0.1, 0.15) is 11.9 Å². The molecule has 1 saturated carbocycles. The van der Waals surface area contributed by atoms with Crippen molar-refractivity contribution in [1.82, 2.24) is 0 Å². The number of aliphatic hydroxyl groups is 2.